The predicted molar refractivity (Wildman–Crippen MR) is 105 cm³/mol. The number of carbonyl (C=O) groups is 1. The van der Waals surface area contributed by atoms with Gasteiger partial charge in [0.1, 0.15) is 5.75 Å². The molecule has 1 heterocycles. The molecule has 0 N–H and O–H groups in total. The van der Waals surface area contributed by atoms with Gasteiger partial charge in [-0.3, -0.25) is 4.79 Å². The molecule has 0 aromatic heterocycles. The maximum Gasteiger partial charge on any atom is 0.261 e. The SMILES string of the molecule is Cc1cc(OCC(=O)N(Cc2ccccc2)[C@@H]2C=CS(=O)(=O)C2)ccc1Cl. The van der Waals surface area contributed by atoms with E-state index in [4.69, 9.17) is 16.3 Å². The Bertz CT molecular complexity index is 957. The van der Waals surface area contributed by atoms with Crippen LogP contribution in [0.5, 0.6) is 5.75 Å². The first-order valence-corrected chi connectivity index (χ1v) is 10.6. The van der Waals surface area contributed by atoms with Gasteiger partial charge in [-0.15, -0.1) is 0 Å². The molecular formula is C20H20ClNO4S. The minimum Gasteiger partial charge on any atom is -0.484 e. The lowest BCUT2D eigenvalue weighted by atomic mass is 10.2. The number of sulfone groups is 1. The summed E-state index contributed by atoms with van der Waals surface area (Å²) < 4.78 is 29.2. The number of nitrogens with zero attached hydrogens (tertiary/aromatic N) is 1. The molecule has 0 spiro atoms. The van der Waals surface area contributed by atoms with Gasteiger partial charge in [-0.05, 0) is 42.3 Å². The van der Waals surface area contributed by atoms with Crippen LogP contribution in [0.2, 0.25) is 5.02 Å². The van der Waals surface area contributed by atoms with Crippen LogP contribution in [0.15, 0.2) is 60.0 Å². The third-order valence-electron chi connectivity index (χ3n) is 4.32. The number of hydrogen-bond donors (Lipinski definition) is 0. The van der Waals surface area contributed by atoms with E-state index in [9.17, 15) is 13.2 Å². The van der Waals surface area contributed by atoms with Gasteiger partial charge in [0, 0.05) is 17.0 Å². The van der Waals surface area contributed by atoms with Gasteiger partial charge in [-0.1, -0.05) is 41.9 Å². The highest BCUT2D eigenvalue weighted by Crippen LogP contribution is 2.22. The number of benzene rings is 2. The normalized spacial score (nSPS) is 17.6. The van der Waals surface area contributed by atoms with Crippen molar-refractivity contribution < 1.29 is 17.9 Å². The number of rotatable bonds is 6. The van der Waals surface area contributed by atoms with Crippen molar-refractivity contribution in [1.82, 2.24) is 4.90 Å². The molecule has 1 aliphatic heterocycles. The summed E-state index contributed by atoms with van der Waals surface area (Å²) in [4.78, 5) is 14.4. The van der Waals surface area contributed by atoms with Crippen LogP contribution in [0.25, 0.3) is 0 Å². The van der Waals surface area contributed by atoms with Gasteiger partial charge in [0.15, 0.2) is 16.4 Å². The van der Waals surface area contributed by atoms with Gasteiger partial charge >= 0.3 is 0 Å². The highest BCUT2D eigenvalue weighted by molar-refractivity contribution is 7.94. The summed E-state index contributed by atoms with van der Waals surface area (Å²) >= 11 is 6.00. The standard InChI is InChI=1S/C20H20ClNO4S/c1-15-11-18(7-8-19(15)21)26-13-20(23)22(12-16-5-3-2-4-6-16)17-9-10-27(24,25)14-17/h2-11,17H,12-14H2,1H3/t17-/m1/s1. The summed E-state index contributed by atoms with van der Waals surface area (Å²) in [6.45, 7) is 1.98. The van der Waals surface area contributed by atoms with Gasteiger partial charge in [0.2, 0.25) is 0 Å². The maximum absolute atomic E-state index is 12.8. The zero-order chi connectivity index (χ0) is 19.4. The second kappa shape index (κ2) is 8.15. The van der Waals surface area contributed by atoms with Gasteiger partial charge in [0.25, 0.3) is 5.91 Å². The number of aryl methyl sites for hydroxylation is 1. The molecule has 7 heteroatoms. The highest BCUT2D eigenvalue weighted by Gasteiger charge is 2.30. The van der Waals surface area contributed by atoms with Crippen molar-refractivity contribution >= 4 is 27.3 Å². The molecule has 0 saturated heterocycles. The van der Waals surface area contributed by atoms with Crippen molar-refractivity contribution in [2.24, 2.45) is 0 Å². The van der Waals surface area contributed by atoms with E-state index in [-0.39, 0.29) is 18.3 Å². The minimum absolute atomic E-state index is 0.106. The lowest BCUT2D eigenvalue weighted by molar-refractivity contribution is -0.135. The summed E-state index contributed by atoms with van der Waals surface area (Å²) in [7, 11) is -3.27. The minimum atomic E-state index is -3.27. The van der Waals surface area contributed by atoms with Crippen LogP contribution in [0.3, 0.4) is 0 Å². The van der Waals surface area contributed by atoms with Crippen LogP contribution in [0, 0.1) is 6.92 Å². The molecule has 2 aromatic carbocycles. The van der Waals surface area contributed by atoms with Crippen LogP contribution < -0.4 is 4.74 Å². The Hall–Kier alpha value is -2.31. The molecular weight excluding hydrogens is 386 g/mol. The van der Waals surface area contributed by atoms with E-state index >= 15 is 0 Å². The van der Waals surface area contributed by atoms with E-state index in [1.165, 1.54) is 5.41 Å². The van der Waals surface area contributed by atoms with E-state index in [2.05, 4.69) is 0 Å². The molecule has 1 aliphatic rings. The van der Waals surface area contributed by atoms with E-state index in [0.29, 0.717) is 17.3 Å². The lowest BCUT2D eigenvalue weighted by Crippen LogP contribution is -2.42. The van der Waals surface area contributed by atoms with Gasteiger partial charge in [0.05, 0.1) is 11.8 Å². The fraction of sp³-hybridized carbons (Fsp3) is 0.250. The van der Waals surface area contributed by atoms with Gasteiger partial charge in [-0.25, -0.2) is 8.42 Å². The van der Waals surface area contributed by atoms with Gasteiger partial charge < -0.3 is 9.64 Å². The summed E-state index contributed by atoms with van der Waals surface area (Å²) in [6, 6.07) is 14.1. The van der Waals surface area contributed by atoms with Crippen LogP contribution in [0.4, 0.5) is 0 Å². The maximum atomic E-state index is 12.8. The molecule has 0 radical (unpaired) electrons. The Morgan fingerprint density at radius 3 is 2.59 bits per heavy atom. The topological polar surface area (TPSA) is 63.7 Å². The van der Waals surface area contributed by atoms with Crippen LogP contribution >= 0.6 is 11.6 Å². The average molecular weight is 406 g/mol. The summed E-state index contributed by atoms with van der Waals surface area (Å²) in [6.07, 6.45) is 1.56. The molecule has 0 saturated carbocycles. The Morgan fingerprint density at radius 1 is 1.22 bits per heavy atom. The van der Waals surface area contributed by atoms with E-state index in [1.807, 2.05) is 37.3 Å². The zero-order valence-electron chi connectivity index (χ0n) is 14.8. The molecule has 0 unspecified atom stereocenters. The van der Waals surface area contributed by atoms with Crippen molar-refractivity contribution in [3.8, 4) is 5.75 Å². The lowest BCUT2D eigenvalue weighted by Gasteiger charge is -2.27. The number of halogens is 1. The summed E-state index contributed by atoms with van der Waals surface area (Å²) in [5.74, 6) is 0.156. The number of hydrogen-bond acceptors (Lipinski definition) is 4. The molecule has 142 valence electrons. The molecule has 3 rings (SSSR count). The van der Waals surface area contributed by atoms with Crippen LogP contribution in [-0.2, 0) is 21.2 Å². The Balaban J connectivity index is 1.74. The first-order chi connectivity index (χ1) is 12.8. The number of amides is 1. The van der Waals surface area contributed by atoms with E-state index in [0.717, 1.165) is 11.1 Å². The van der Waals surface area contributed by atoms with Crippen molar-refractivity contribution in [2.45, 2.75) is 19.5 Å². The first kappa shape index (κ1) is 19.5. The van der Waals surface area contributed by atoms with Gasteiger partial charge in [-0.2, -0.15) is 0 Å². The molecule has 1 atom stereocenters. The largest absolute Gasteiger partial charge is 0.484 e. The monoisotopic (exact) mass is 405 g/mol. The number of ether oxygens (including phenoxy) is 1. The predicted octanol–water partition coefficient (Wildman–Crippen LogP) is 3.37. The Labute approximate surface area is 164 Å². The van der Waals surface area contributed by atoms with Crippen LogP contribution in [-0.4, -0.2) is 37.6 Å². The molecule has 2 aromatic rings. The Morgan fingerprint density at radius 2 is 1.96 bits per heavy atom. The molecule has 5 nitrogen and oxygen atoms in total. The highest BCUT2D eigenvalue weighted by atomic mass is 35.5. The zero-order valence-corrected chi connectivity index (χ0v) is 16.4. The summed E-state index contributed by atoms with van der Waals surface area (Å²) in [5, 5.41) is 1.80. The number of carbonyl (C=O) groups excluding carboxylic acids is 1. The van der Waals surface area contributed by atoms with Crippen molar-refractivity contribution in [3.63, 3.8) is 0 Å². The van der Waals surface area contributed by atoms with Crippen LogP contribution in [0.1, 0.15) is 11.1 Å². The van der Waals surface area contributed by atoms with Crippen molar-refractivity contribution in [2.75, 3.05) is 12.4 Å². The molecule has 1 amide bonds. The fourth-order valence-corrected chi connectivity index (χ4v) is 4.28. The average Bonchev–Trinajstić information content (AvgIpc) is 3.01. The summed E-state index contributed by atoms with van der Waals surface area (Å²) in [5.41, 5.74) is 1.78. The first-order valence-electron chi connectivity index (χ1n) is 8.47. The molecule has 0 bridgehead atoms. The molecule has 0 aliphatic carbocycles. The molecule has 27 heavy (non-hydrogen) atoms. The van der Waals surface area contributed by atoms with E-state index < -0.39 is 15.9 Å². The van der Waals surface area contributed by atoms with E-state index in [1.54, 1.807) is 29.2 Å². The third-order valence-corrected chi connectivity index (χ3v) is 6.12. The Kier molecular flexibility index (Phi) is 5.87. The third kappa shape index (κ3) is 5.11. The second-order valence-corrected chi connectivity index (χ2v) is 8.77. The quantitative estimate of drug-likeness (QED) is 0.739. The smallest absolute Gasteiger partial charge is 0.261 e. The van der Waals surface area contributed by atoms with Crippen molar-refractivity contribution in [1.29, 1.82) is 0 Å². The fourth-order valence-electron chi connectivity index (χ4n) is 2.86. The molecule has 0 fully saturated rings. The second-order valence-electron chi connectivity index (χ2n) is 6.43. The van der Waals surface area contributed by atoms with Crippen molar-refractivity contribution in [3.05, 3.63) is 76.2 Å².